The quantitative estimate of drug-likeness (QED) is 0.502. The van der Waals surface area contributed by atoms with Gasteiger partial charge in [0.25, 0.3) is 0 Å². The maximum Gasteiger partial charge on any atom is 0.191 e. The van der Waals surface area contributed by atoms with E-state index in [0.29, 0.717) is 12.6 Å². The molecule has 5 nitrogen and oxygen atoms in total. The van der Waals surface area contributed by atoms with E-state index in [4.69, 9.17) is 4.74 Å². The summed E-state index contributed by atoms with van der Waals surface area (Å²) in [6.07, 6.45) is 2.90. The fourth-order valence-corrected chi connectivity index (χ4v) is 4.44. The Hall–Kier alpha value is -2.67. The van der Waals surface area contributed by atoms with E-state index in [-0.39, 0.29) is 29.3 Å². The van der Waals surface area contributed by atoms with E-state index in [1.807, 2.05) is 25.1 Å². The van der Waals surface area contributed by atoms with Crippen LogP contribution in [-0.2, 0) is 6.54 Å². The first kappa shape index (κ1) is 22.5. The predicted molar refractivity (Wildman–Crippen MR) is 123 cm³/mol. The van der Waals surface area contributed by atoms with Crippen LogP contribution in [0.3, 0.4) is 0 Å². The van der Waals surface area contributed by atoms with E-state index in [1.54, 1.807) is 18.2 Å². The molecule has 1 saturated heterocycles. The monoisotopic (exact) mass is 442 g/mol. The maximum atomic E-state index is 14.1. The first-order valence-corrected chi connectivity index (χ1v) is 11.4. The molecule has 2 aromatic rings. The Morgan fingerprint density at radius 3 is 2.56 bits per heavy atom. The van der Waals surface area contributed by atoms with E-state index >= 15 is 0 Å². The Labute approximate surface area is 188 Å². The molecule has 4 rings (SSSR count). The smallest absolute Gasteiger partial charge is 0.191 e. The van der Waals surface area contributed by atoms with Crippen LogP contribution in [0.1, 0.15) is 43.2 Å². The number of hydrogen-bond donors (Lipinski definition) is 2. The number of likely N-dealkylation sites (tertiary alicyclic amines) is 1. The summed E-state index contributed by atoms with van der Waals surface area (Å²) in [6.45, 7) is 5.31. The number of piperidine rings is 1. The number of ether oxygens (including phenoxy) is 1. The van der Waals surface area contributed by atoms with Crippen molar-refractivity contribution in [2.24, 2.45) is 4.99 Å². The van der Waals surface area contributed by atoms with Gasteiger partial charge in [-0.1, -0.05) is 24.3 Å². The summed E-state index contributed by atoms with van der Waals surface area (Å²) in [4.78, 5) is 6.94. The van der Waals surface area contributed by atoms with Gasteiger partial charge in [-0.3, -0.25) is 9.89 Å². The molecule has 0 spiro atoms. The number of nitrogens with zero attached hydrogens (tertiary/aromatic N) is 2. The van der Waals surface area contributed by atoms with E-state index in [2.05, 4.69) is 20.5 Å². The number of halogens is 2. The van der Waals surface area contributed by atoms with Crippen molar-refractivity contribution in [2.75, 3.05) is 26.7 Å². The number of nitrogens with one attached hydrogen (secondary N) is 2. The van der Waals surface area contributed by atoms with Gasteiger partial charge >= 0.3 is 0 Å². The molecule has 1 aliphatic heterocycles. The highest BCUT2D eigenvalue weighted by molar-refractivity contribution is 5.81. The van der Waals surface area contributed by atoms with E-state index in [0.717, 1.165) is 56.0 Å². The van der Waals surface area contributed by atoms with E-state index in [9.17, 15) is 8.78 Å². The van der Waals surface area contributed by atoms with Crippen LogP contribution in [0.15, 0.2) is 47.5 Å². The van der Waals surface area contributed by atoms with Crippen LogP contribution in [0, 0.1) is 11.6 Å². The van der Waals surface area contributed by atoms with Gasteiger partial charge < -0.3 is 15.4 Å². The molecule has 2 atom stereocenters. The van der Waals surface area contributed by atoms with Crippen LogP contribution in [0.25, 0.3) is 0 Å². The number of rotatable bonds is 7. The molecule has 2 aromatic carbocycles. The Morgan fingerprint density at radius 1 is 1.09 bits per heavy atom. The average molecular weight is 443 g/mol. The van der Waals surface area contributed by atoms with Gasteiger partial charge in [-0.2, -0.15) is 0 Å². The van der Waals surface area contributed by atoms with Crippen LogP contribution in [0.2, 0.25) is 0 Å². The minimum Gasteiger partial charge on any atom is -0.494 e. The third kappa shape index (κ3) is 5.57. The highest BCUT2D eigenvalue weighted by atomic mass is 19.1. The van der Waals surface area contributed by atoms with Crippen molar-refractivity contribution in [3.63, 3.8) is 0 Å². The SMILES string of the molecule is CCN=C(NC1CCN(Cc2ccc(OC)c(F)c2)CC1)NC1CC1c1ccccc1F. The lowest BCUT2D eigenvalue weighted by molar-refractivity contribution is 0.198. The Balaban J connectivity index is 1.25. The predicted octanol–water partition coefficient (Wildman–Crippen LogP) is 4.05. The molecule has 0 amide bonds. The van der Waals surface area contributed by atoms with Gasteiger partial charge in [-0.15, -0.1) is 0 Å². The number of methoxy groups -OCH3 is 1. The first-order valence-electron chi connectivity index (χ1n) is 11.4. The van der Waals surface area contributed by atoms with Crippen LogP contribution < -0.4 is 15.4 Å². The lowest BCUT2D eigenvalue weighted by Crippen LogP contribution is -2.49. The number of hydrogen-bond acceptors (Lipinski definition) is 3. The van der Waals surface area contributed by atoms with Crippen molar-refractivity contribution in [3.05, 3.63) is 65.2 Å². The van der Waals surface area contributed by atoms with Crippen molar-refractivity contribution in [1.82, 2.24) is 15.5 Å². The molecule has 0 aromatic heterocycles. The van der Waals surface area contributed by atoms with Gasteiger partial charge in [0.1, 0.15) is 5.82 Å². The van der Waals surface area contributed by atoms with Crippen molar-refractivity contribution in [2.45, 2.75) is 50.7 Å². The second kappa shape index (κ2) is 10.3. The molecule has 7 heteroatoms. The van der Waals surface area contributed by atoms with Gasteiger partial charge in [0.05, 0.1) is 7.11 Å². The molecule has 2 unspecified atom stereocenters. The summed E-state index contributed by atoms with van der Waals surface area (Å²) in [7, 11) is 1.48. The molecule has 172 valence electrons. The molecular formula is C25H32F2N4O. The summed E-state index contributed by atoms with van der Waals surface area (Å²) in [5, 5.41) is 7.05. The van der Waals surface area contributed by atoms with Crippen LogP contribution >= 0.6 is 0 Å². The van der Waals surface area contributed by atoms with Gasteiger partial charge in [-0.25, -0.2) is 8.78 Å². The molecule has 2 aliphatic rings. The molecule has 0 radical (unpaired) electrons. The van der Waals surface area contributed by atoms with E-state index in [1.165, 1.54) is 13.2 Å². The fourth-order valence-electron chi connectivity index (χ4n) is 4.44. The first-order chi connectivity index (χ1) is 15.6. The third-order valence-electron chi connectivity index (χ3n) is 6.28. The Bertz CT molecular complexity index is 943. The fraction of sp³-hybridized carbons (Fsp3) is 0.480. The van der Waals surface area contributed by atoms with Gasteiger partial charge in [0.2, 0.25) is 0 Å². The summed E-state index contributed by atoms with van der Waals surface area (Å²) in [6, 6.07) is 12.7. The molecule has 2 fully saturated rings. The molecular weight excluding hydrogens is 410 g/mol. The zero-order valence-electron chi connectivity index (χ0n) is 18.8. The maximum absolute atomic E-state index is 14.1. The zero-order valence-corrected chi connectivity index (χ0v) is 18.8. The average Bonchev–Trinajstić information content (AvgIpc) is 3.54. The van der Waals surface area contributed by atoms with Crippen LogP contribution in [-0.4, -0.2) is 49.7 Å². The van der Waals surface area contributed by atoms with Crippen LogP contribution in [0.5, 0.6) is 5.75 Å². The Morgan fingerprint density at radius 2 is 1.88 bits per heavy atom. The summed E-state index contributed by atoms with van der Waals surface area (Å²) in [5.41, 5.74) is 1.74. The van der Waals surface area contributed by atoms with Crippen LogP contribution in [0.4, 0.5) is 8.78 Å². The van der Waals surface area contributed by atoms with Gasteiger partial charge in [0.15, 0.2) is 17.5 Å². The van der Waals surface area contributed by atoms with Gasteiger partial charge in [0, 0.05) is 44.2 Å². The van der Waals surface area contributed by atoms with Crippen molar-refractivity contribution in [1.29, 1.82) is 0 Å². The highest BCUT2D eigenvalue weighted by Gasteiger charge is 2.40. The number of aliphatic imine (C=N–C) groups is 1. The molecule has 1 heterocycles. The molecule has 1 saturated carbocycles. The number of benzene rings is 2. The topological polar surface area (TPSA) is 48.9 Å². The molecule has 1 aliphatic carbocycles. The lowest BCUT2D eigenvalue weighted by Gasteiger charge is -2.33. The van der Waals surface area contributed by atoms with Crippen molar-refractivity contribution < 1.29 is 13.5 Å². The minimum absolute atomic E-state index is 0.132. The second-order valence-corrected chi connectivity index (χ2v) is 8.60. The zero-order chi connectivity index (χ0) is 22.5. The molecule has 32 heavy (non-hydrogen) atoms. The summed E-state index contributed by atoms with van der Waals surface area (Å²) in [5.74, 6) is 0.841. The molecule has 0 bridgehead atoms. The second-order valence-electron chi connectivity index (χ2n) is 8.60. The number of guanidine groups is 1. The highest BCUT2D eigenvalue weighted by Crippen LogP contribution is 2.41. The minimum atomic E-state index is -0.318. The third-order valence-corrected chi connectivity index (χ3v) is 6.28. The lowest BCUT2D eigenvalue weighted by atomic mass is 10.0. The Kier molecular flexibility index (Phi) is 7.25. The summed E-state index contributed by atoms with van der Waals surface area (Å²) < 4.78 is 33.0. The largest absolute Gasteiger partial charge is 0.494 e. The van der Waals surface area contributed by atoms with Crippen molar-refractivity contribution in [3.8, 4) is 5.75 Å². The van der Waals surface area contributed by atoms with Crippen molar-refractivity contribution >= 4 is 5.96 Å². The summed E-state index contributed by atoms with van der Waals surface area (Å²) >= 11 is 0. The molecule has 2 N–H and O–H groups in total. The van der Waals surface area contributed by atoms with Gasteiger partial charge in [-0.05, 0) is 55.5 Å². The normalized spacial score (nSPS) is 21.9. The van der Waals surface area contributed by atoms with E-state index < -0.39 is 0 Å². The standard InChI is InChI=1S/C25H32F2N4O/c1-3-28-25(30-23-15-20(23)19-6-4-5-7-21(19)26)29-18-10-12-31(13-11-18)16-17-8-9-24(32-2)22(27)14-17/h4-9,14,18,20,23H,3,10-13,15-16H2,1-2H3,(H2,28,29,30).